The molecule has 8 heteroatoms. The lowest BCUT2D eigenvalue weighted by Crippen LogP contribution is -2.51. The molecule has 0 spiro atoms. The van der Waals surface area contributed by atoms with Crippen LogP contribution < -0.4 is 0 Å². The molecule has 45 heavy (non-hydrogen) atoms. The number of nitrogens with zero attached hydrogens (tertiary/aromatic N) is 3. The molecule has 0 aromatic heterocycles. The summed E-state index contributed by atoms with van der Waals surface area (Å²) in [5.41, 5.74) is 4.98. The van der Waals surface area contributed by atoms with Crippen LogP contribution in [0.3, 0.4) is 0 Å². The van der Waals surface area contributed by atoms with Crippen LogP contribution in [0.1, 0.15) is 41.7 Å². The van der Waals surface area contributed by atoms with E-state index in [4.69, 9.17) is 9.47 Å². The summed E-state index contributed by atoms with van der Waals surface area (Å²) in [5.74, 6) is -0.869. The Kier molecular flexibility index (Phi) is 8.70. The highest BCUT2D eigenvalue weighted by atomic mass is 16.8. The number of carbonyl (C=O) groups excluding carboxylic acids is 1. The van der Waals surface area contributed by atoms with Gasteiger partial charge in [-0.3, -0.25) is 10.1 Å². The van der Waals surface area contributed by atoms with Gasteiger partial charge in [-0.2, -0.15) is 0 Å². The Balaban J connectivity index is 1.49. The van der Waals surface area contributed by atoms with E-state index in [0.29, 0.717) is 24.9 Å². The molecule has 0 radical (unpaired) electrons. The van der Waals surface area contributed by atoms with Crippen LogP contribution in [-0.4, -0.2) is 50.8 Å². The number of non-ortho nitro benzene ring substituents is 1. The highest BCUT2D eigenvalue weighted by Crippen LogP contribution is 2.40. The highest BCUT2D eigenvalue weighted by Gasteiger charge is 2.55. The monoisotopic (exact) mass is 605 g/mol. The number of hydrogen-bond donors (Lipinski definition) is 0. The molecule has 2 heterocycles. The Morgan fingerprint density at radius 3 is 1.64 bits per heavy atom. The van der Waals surface area contributed by atoms with Gasteiger partial charge in [-0.25, -0.2) is 4.79 Å². The Bertz CT molecular complexity index is 1640. The van der Waals surface area contributed by atoms with Crippen molar-refractivity contribution in [3.8, 4) is 0 Å². The largest absolute Gasteiger partial charge is 0.342 e. The van der Waals surface area contributed by atoms with Gasteiger partial charge in [-0.1, -0.05) is 103 Å². The number of carbonyl (C=O) groups is 1. The summed E-state index contributed by atoms with van der Waals surface area (Å²) in [6.07, 6.45) is 0.261. The number of ether oxygens (including phenoxy) is 2. The first-order chi connectivity index (χ1) is 21.7. The maximum atomic E-state index is 15.1. The molecule has 2 amide bonds. The number of nitro benzene ring substituents is 1. The van der Waals surface area contributed by atoms with Crippen LogP contribution in [0.4, 0.5) is 10.5 Å². The lowest BCUT2D eigenvalue weighted by atomic mass is 9.91. The summed E-state index contributed by atoms with van der Waals surface area (Å²) in [4.78, 5) is 30.1. The molecule has 2 aliphatic heterocycles. The van der Waals surface area contributed by atoms with Crippen molar-refractivity contribution in [2.24, 2.45) is 0 Å². The Labute approximate surface area is 264 Å². The summed E-state index contributed by atoms with van der Waals surface area (Å²) in [6.45, 7) is 6.48. The summed E-state index contributed by atoms with van der Waals surface area (Å²) in [5, 5.41) is 11.7. The maximum Gasteiger partial charge on any atom is 0.321 e. The molecule has 4 atom stereocenters. The lowest BCUT2D eigenvalue weighted by molar-refractivity contribution is -0.384. The van der Waals surface area contributed by atoms with E-state index >= 15 is 4.79 Å². The summed E-state index contributed by atoms with van der Waals surface area (Å²) >= 11 is 0. The summed E-state index contributed by atoms with van der Waals surface area (Å²) < 4.78 is 13.5. The molecule has 6 rings (SSSR count). The minimum absolute atomic E-state index is 0.00703. The number of aryl methyl sites for hydroxylation is 1. The topological polar surface area (TPSA) is 85.2 Å². The maximum absolute atomic E-state index is 15.1. The second-order valence-electron chi connectivity index (χ2n) is 12.5. The van der Waals surface area contributed by atoms with Crippen molar-refractivity contribution in [2.45, 2.75) is 76.8 Å². The predicted molar refractivity (Wildman–Crippen MR) is 172 cm³/mol. The van der Waals surface area contributed by atoms with Gasteiger partial charge in [0.25, 0.3) is 5.69 Å². The van der Waals surface area contributed by atoms with Gasteiger partial charge in [-0.05, 0) is 55.9 Å². The third-order valence-electron chi connectivity index (χ3n) is 8.70. The van der Waals surface area contributed by atoms with Crippen molar-refractivity contribution in [1.82, 2.24) is 9.80 Å². The van der Waals surface area contributed by atoms with Gasteiger partial charge in [0.05, 0.1) is 17.0 Å². The van der Waals surface area contributed by atoms with Crippen LogP contribution in [0.15, 0.2) is 109 Å². The Morgan fingerprint density at radius 2 is 1.16 bits per heavy atom. The fourth-order valence-electron chi connectivity index (χ4n) is 6.72. The molecule has 232 valence electrons. The van der Waals surface area contributed by atoms with Gasteiger partial charge in [0.1, 0.15) is 12.2 Å². The van der Waals surface area contributed by atoms with Crippen LogP contribution in [0, 0.1) is 17.0 Å². The van der Waals surface area contributed by atoms with Gasteiger partial charge in [0, 0.05) is 25.2 Å². The van der Waals surface area contributed by atoms with E-state index in [2.05, 4.69) is 30.3 Å². The average Bonchev–Trinajstić information content (AvgIpc) is 3.33. The Hall–Kier alpha value is -4.53. The van der Waals surface area contributed by atoms with E-state index in [1.807, 2.05) is 91.2 Å². The molecular weight excluding hydrogens is 566 g/mol. The van der Waals surface area contributed by atoms with Gasteiger partial charge in [-0.15, -0.1) is 0 Å². The van der Waals surface area contributed by atoms with E-state index in [0.717, 1.165) is 22.3 Å². The van der Waals surface area contributed by atoms with Crippen molar-refractivity contribution in [2.75, 3.05) is 0 Å². The number of amides is 2. The molecule has 2 fully saturated rings. The number of rotatable bonds is 9. The van der Waals surface area contributed by atoms with Gasteiger partial charge >= 0.3 is 6.03 Å². The molecule has 0 N–H and O–H groups in total. The Morgan fingerprint density at radius 1 is 0.689 bits per heavy atom. The fourth-order valence-corrected chi connectivity index (χ4v) is 6.72. The van der Waals surface area contributed by atoms with Crippen LogP contribution in [0.25, 0.3) is 0 Å². The van der Waals surface area contributed by atoms with E-state index in [1.54, 1.807) is 12.1 Å². The minimum Gasteiger partial charge on any atom is -0.342 e. The quantitative estimate of drug-likeness (QED) is 0.150. The second kappa shape index (κ2) is 12.8. The van der Waals surface area contributed by atoms with Crippen molar-refractivity contribution in [3.63, 3.8) is 0 Å². The lowest BCUT2D eigenvalue weighted by Gasteiger charge is -2.37. The van der Waals surface area contributed by atoms with Crippen molar-refractivity contribution in [1.29, 1.82) is 0 Å². The van der Waals surface area contributed by atoms with E-state index in [1.165, 1.54) is 6.07 Å². The smallest absolute Gasteiger partial charge is 0.321 e. The number of urea groups is 1. The van der Waals surface area contributed by atoms with E-state index in [-0.39, 0.29) is 24.3 Å². The van der Waals surface area contributed by atoms with E-state index in [9.17, 15) is 10.1 Å². The van der Waals surface area contributed by atoms with Gasteiger partial charge in [0.15, 0.2) is 5.79 Å². The molecule has 4 aromatic rings. The first-order valence-corrected chi connectivity index (χ1v) is 15.5. The summed E-state index contributed by atoms with van der Waals surface area (Å²) in [7, 11) is 0. The number of hydrogen-bond acceptors (Lipinski definition) is 5. The highest BCUT2D eigenvalue weighted by molar-refractivity contribution is 5.76. The zero-order valence-corrected chi connectivity index (χ0v) is 25.9. The molecular formula is C37H39N3O5. The summed E-state index contributed by atoms with van der Waals surface area (Å²) in [6, 6.07) is 34.1. The first-order valence-electron chi connectivity index (χ1n) is 15.5. The van der Waals surface area contributed by atoms with Gasteiger partial charge in [0.2, 0.25) is 0 Å². The van der Waals surface area contributed by atoms with Crippen LogP contribution in [-0.2, 0) is 35.4 Å². The normalized spacial score (nSPS) is 22.6. The second-order valence-corrected chi connectivity index (χ2v) is 12.5. The van der Waals surface area contributed by atoms with Crippen molar-refractivity contribution in [3.05, 3.63) is 147 Å². The van der Waals surface area contributed by atoms with Crippen LogP contribution in [0.5, 0.6) is 0 Å². The predicted octanol–water partition coefficient (Wildman–Crippen LogP) is 7.08. The molecule has 2 saturated heterocycles. The fraction of sp³-hybridized carbons (Fsp3) is 0.324. The minimum atomic E-state index is -0.869. The van der Waals surface area contributed by atoms with Crippen molar-refractivity contribution < 1.29 is 19.2 Å². The number of fused-ring (bicyclic) bond motifs is 1. The molecule has 0 unspecified atom stereocenters. The number of benzene rings is 4. The standard InChI is InChI=1S/C37H39N3O5/c1-26-12-10-17-29(20-26)24-38-32(22-27-13-6-4-7-14-27)34-35(45-37(2,3)44-34)33(23-28-15-8-5-9-16-28)39(36(38)41)25-30-18-11-19-31(21-30)40(42)43/h4-21,32-35H,22-25H2,1-3H3/t32-,33-,34+,35+/m1/s1. The molecule has 8 nitrogen and oxygen atoms in total. The number of nitro groups is 1. The van der Waals surface area contributed by atoms with Crippen molar-refractivity contribution >= 4 is 11.7 Å². The first kappa shape index (κ1) is 30.5. The molecule has 2 aliphatic rings. The average molecular weight is 606 g/mol. The third-order valence-corrected chi connectivity index (χ3v) is 8.70. The third kappa shape index (κ3) is 6.92. The van der Waals surface area contributed by atoms with Crippen LogP contribution >= 0.6 is 0 Å². The van der Waals surface area contributed by atoms with Gasteiger partial charge < -0.3 is 19.3 Å². The zero-order valence-electron chi connectivity index (χ0n) is 25.9. The SMILES string of the molecule is Cc1cccc(CN2C(=O)N(Cc3cccc([N+](=O)[O-])c3)[C@H](Cc3ccccc3)[C@@H]3OC(C)(C)O[C@H]3[C@H]2Cc2ccccc2)c1. The van der Waals surface area contributed by atoms with Crippen LogP contribution in [0.2, 0.25) is 0 Å². The molecule has 4 aromatic carbocycles. The molecule has 0 aliphatic carbocycles. The molecule has 0 bridgehead atoms. The molecule has 0 saturated carbocycles. The van der Waals surface area contributed by atoms with E-state index < -0.39 is 29.0 Å². The zero-order chi connectivity index (χ0) is 31.6.